The number of hydrogen-bond acceptors (Lipinski definition) is 2. The topological polar surface area (TPSA) is 29.3 Å². The van der Waals surface area contributed by atoms with Gasteiger partial charge in [-0.3, -0.25) is 0 Å². The SMILES string of the molecule is CCCCCN.CCN(CC)CC. The summed E-state index contributed by atoms with van der Waals surface area (Å²) in [7, 11) is 0. The standard InChI is InChI=1S/C6H15N.C5H13N/c1-4-7(5-2)6-3;1-2-3-4-5-6/h4-6H2,1-3H3;2-6H2,1H3. The molecule has 0 aliphatic rings. The van der Waals surface area contributed by atoms with Crippen LogP contribution in [0.3, 0.4) is 0 Å². The maximum Gasteiger partial charge on any atom is -0.00474 e. The minimum absolute atomic E-state index is 0.855. The molecule has 0 aliphatic heterocycles. The lowest BCUT2D eigenvalue weighted by Gasteiger charge is -2.13. The summed E-state index contributed by atoms with van der Waals surface area (Å²) in [6, 6.07) is 0. The zero-order valence-corrected chi connectivity index (χ0v) is 9.97. The second-order valence-electron chi connectivity index (χ2n) is 3.12. The van der Waals surface area contributed by atoms with Gasteiger partial charge in [0, 0.05) is 0 Å². The lowest BCUT2D eigenvalue weighted by atomic mass is 10.3. The third kappa shape index (κ3) is 14.7. The summed E-state index contributed by atoms with van der Waals surface area (Å²) in [6.45, 7) is 13.2. The fourth-order valence-corrected chi connectivity index (χ4v) is 1.07. The van der Waals surface area contributed by atoms with Crippen LogP contribution in [-0.2, 0) is 0 Å². The quantitative estimate of drug-likeness (QED) is 0.649. The molecule has 0 rings (SSSR count). The van der Waals surface area contributed by atoms with Crippen molar-refractivity contribution in [3.8, 4) is 0 Å². The van der Waals surface area contributed by atoms with Crippen molar-refractivity contribution in [2.24, 2.45) is 5.73 Å². The Morgan fingerprint density at radius 1 is 0.846 bits per heavy atom. The van der Waals surface area contributed by atoms with E-state index < -0.39 is 0 Å². The van der Waals surface area contributed by atoms with Gasteiger partial charge < -0.3 is 10.6 Å². The Hall–Kier alpha value is -0.0800. The fraction of sp³-hybridized carbons (Fsp3) is 1.00. The first-order chi connectivity index (χ1) is 6.26. The molecule has 0 aromatic carbocycles. The molecule has 0 saturated heterocycles. The highest BCUT2D eigenvalue weighted by Gasteiger charge is 1.89. The minimum atomic E-state index is 0.855. The number of hydrogen-bond donors (Lipinski definition) is 1. The number of nitrogens with zero attached hydrogens (tertiary/aromatic N) is 1. The molecule has 0 aromatic rings. The number of rotatable bonds is 6. The van der Waals surface area contributed by atoms with Crippen LogP contribution in [0.25, 0.3) is 0 Å². The minimum Gasteiger partial charge on any atom is -0.330 e. The van der Waals surface area contributed by atoms with Crippen LogP contribution in [0.4, 0.5) is 0 Å². The van der Waals surface area contributed by atoms with Crippen LogP contribution in [0.1, 0.15) is 47.0 Å². The van der Waals surface area contributed by atoms with Gasteiger partial charge in [-0.25, -0.2) is 0 Å². The normalized spacial score (nSPS) is 9.69. The van der Waals surface area contributed by atoms with E-state index in [4.69, 9.17) is 5.73 Å². The van der Waals surface area contributed by atoms with Gasteiger partial charge in [0.15, 0.2) is 0 Å². The second-order valence-corrected chi connectivity index (χ2v) is 3.12. The van der Waals surface area contributed by atoms with E-state index in [1.165, 1.54) is 38.9 Å². The highest BCUT2D eigenvalue weighted by Crippen LogP contribution is 1.88. The monoisotopic (exact) mass is 188 g/mol. The molecule has 82 valence electrons. The van der Waals surface area contributed by atoms with Crippen molar-refractivity contribution in [2.75, 3.05) is 26.2 Å². The first kappa shape index (κ1) is 15.4. The Kier molecular flexibility index (Phi) is 17.1. The summed E-state index contributed by atoms with van der Waals surface area (Å²) in [5.41, 5.74) is 5.21. The predicted molar refractivity (Wildman–Crippen MR) is 62.0 cm³/mol. The molecule has 0 heterocycles. The Balaban J connectivity index is 0. The van der Waals surface area contributed by atoms with Crippen LogP contribution in [0, 0.1) is 0 Å². The van der Waals surface area contributed by atoms with Gasteiger partial charge in [0.1, 0.15) is 0 Å². The van der Waals surface area contributed by atoms with Crippen LogP contribution in [0.15, 0.2) is 0 Å². The van der Waals surface area contributed by atoms with E-state index in [0.29, 0.717) is 0 Å². The van der Waals surface area contributed by atoms with Gasteiger partial charge in [-0.15, -0.1) is 0 Å². The van der Waals surface area contributed by atoms with Crippen LogP contribution in [-0.4, -0.2) is 31.1 Å². The molecule has 0 aliphatic carbocycles. The van der Waals surface area contributed by atoms with Gasteiger partial charge in [0.05, 0.1) is 0 Å². The molecule has 0 amide bonds. The summed E-state index contributed by atoms with van der Waals surface area (Å²) >= 11 is 0. The lowest BCUT2D eigenvalue weighted by Crippen LogP contribution is -2.21. The number of unbranched alkanes of at least 4 members (excludes halogenated alkanes) is 2. The van der Waals surface area contributed by atoms with E-state index in [-0.39, 0.29) is 0 Å². The molecular weight excluding hydrogens is 160 g/mol. The first-order valence-corrected chi connectivity index (χ1v) is 5.69. The van der Waals surface area contributed by atoms with Gasteiger partial charge >= 0.3 is 0 Å². The van der Waals surface area contributed by atoms with Crippen molar-refractivity contribution in [1.29, 1.82) is 0 Å². The molecule has 2 heteroatoms. The van der Waals surface area contributed by atoms with Gasteiger partial charge in [0.2, 0.25) is 0 Å². The molecule has 2 N–H and O–H groups in total. The van der Waals surface area contributed by atoms with Crippen molar-refractivity contribution in [3.05, 3.63) is 0 Å². The molecule has 0 fully saturated rings. The van der Waals surface area contributed by atoms with E-state index in [0.717, 1.165) is 6.54 Å². The molecular formula is C11H28N2. The Morgan fingerprint density at radius 2 is 1.31 bits per heavy atom. The van der Waals surface area contributed by atoms with Crippen LogP contribution in [0.2, 0.25) is 0 Å². The highest BCUT2D eigenvalue weighted by molar-refractivity contribution is 4.43. The Bertz CT molecular complexity index is 61.0. The summed E-state index contributed by atoms with van der Waals surface area (Å²) in [5.74, 6) is 0. The van der Waals surface area contributed by atoms with Gasteiger partial charge in [-0.2, -0.15) is 0 Å². The molecule has 0 saturated carbocycles. The molecule has 0 bridgehead atoms. The molecule has 2 nitrogen and oxygen atoms in total. The van der Waals surface area contributed by atoms with Crippen LogP contribution in [0.5, 0.6) is 0 Å². The smallest absolute Gasteiger partial charge is 0.00474 e. The maximum absolute atomic E-state index is 5.21. The fourth-order valence-electron chi connectivity index (χ4n) is 1.07. The number of nitrogens with two attached hydrogens (primary N) is 1. The summed E-state index contributed by atoms with van der Waals surface area (Å²) < 4.78 is 0. The third-order valence-corrected chi connectivity index (χ3v) is 2.15. The molecule has 0 spiro atoms. The average molecular weight is 188 g/mol. The van der Waals surface area contributed by atoms with Gasteiger partial charge in [-0.1, -0.05) is 40.5 Å². The van der Waals surface area contributed by atoms with E-state index in [9.17, 15) is 0 Å². The second kappa shape index (κ2) is 14.4. The largest absolute Gasteiger partial charge is 0.330 e. The highest BCUT2D eigenvalue weighted by atomic mass is 15.1. The van der Waals surface area contributed by atoms with Gasteiger partial charge in [-0.05, 0) is 32.6 Å². The van der Waals surface area contributed by atoms with E-state index in [1.807, 2.05) is 0 Å². The summed E-state index contributed by atoms with van der Waals surface area (Å²) in [4.78, 5) is 2.38. The van der Waals surface area contributed by atoms with Crippen molar-refractivity contribution >= 4 is 0 Å². The predicted octanol–water partition coefficient (Wildman–Crippen LogP) is 2.48. The molecule has 0 aromatic heterocycles. The van der Waals surface area contributed by atoms with Gasteiger partial charge in [0.25, 0.3) is 0 Å². The van der Waals surface area contributed by atoms with Crippen molar-refractivity contribution in [1.82, 2.24) is 4.90 Å². The zero-order chi connectivity index (χ0) is 10.5. The lowest BCUT2D eigenvalue weighted by molar-refractivity contribution is 0.321. The average Bonchev–Trinajstić information content (AvgIpc) is 2.18. The van der Waals surface area contributed by atoms with E-state index >= 15 is 0 Å². The van der Waals surface area contributed by atoms with Crippen molar-refractivity contribution in [2.45, 2.75) is 47.0 Å². The third-order valence-electron chi connectivity index (χ3n) is 2.15. The summed E-state index contributed by atoms with van der Waals surface area (Å²) in [5, 5.41) is 0. The molecule has 0 unspecified atom stereocenters. The maximum atomic E-state index is 5.21. The molecule has 0 atom stereocenters. The Morgan fingerprint density at radius 3 is 1.38 bits per heavy atom. The van der Waals surface area contributed by atoms with Crippen molar-refractivity contribution in [3.63, 3.8) is 0 Å². The molecule has 0 radical (unpaired) electrons. The summed E-state index contributed by atoms with van der Waals surface area (Å²) in [6.07, 6.45) is 3.75. The van der Waals surface area contributed by atoms with Crippen LogP contribution >= 0.6 is 0 Å². The van der Waals surface area contributed by atoms with Crippen molar-refractivity contribution < 1.29 is 0 Å². The Labute approximate surface area is 84.5 Å². The van der Waals surface area contributed by atoms with E-state index in [1.54, 1.807) is 0 Å². The molecule has 13 heavy (non-hydrogen) atoms. The zero-order valence-electron chi connectivity index (χ0n) is 9.97. The van der Waals surface area contributed by atoms with E-state index in [2.05, 4.69) is 32.6 Å². The first-order valence-electron chi connectivity index (χ1n) is 5.69. The van der Waals surface area contributed by atoms with Crippen LogP contribution < -0.4 is 5.73 Å².